The van der Waals surface area contributed by atoms with Crippen LogP contribution in [0.5, 0.6) is 0 Å². The van der Waals surface area contributed by atoms with E-state index in [0.717, 1.165) is 9.88 Å². The van der Waals surface area contributed by atoms with Gasteiger partial charge in [0.25, 0.3) is 0 Å². The molecule has 2 rings (SSSR count). The van der Waals surface area contributed by atoms with Crippen LogP contribution in [0, 0.1) is 12.3 Å². The Labute approximate surface area is 101 Å². The van der Waals surface area contributed by atoms with E-state index < -0.39 is 5.97 Å². The Kier molecular flexibility index (Phi) is 3.34. The molecule has 0 saturated heterocycles. The predicted octanol–water partition coefficient (Wildman–Crippen LogP) is 2.66. The summed E-state index contributed by atoms with van der Waals surface area (Å²) in [7, 11) is 0. The first-order valence-electron chi connectivity index (χ1n) is 4.41. The molecule has 0 bridgehead atoms. The van der Waals surface area contributed by atoms with Gasteiger partial charge in [0, 0.05) is 5.38 Å². The highest BCUT2D eigenvalue weighted by Gasteiger charge is 2.12. The lowest BCUT2D eigenvalue weighted by molar-refractivity contribution is 0.0551. The number of thiazole rings is 1. The molecule has 0 atom stereocenters. The molecule has 0 aromatic carbocycles. The average molecular weight is 249 g/mol. The zero-order valence-corrected chi connectivity index (χ0v) is 9.81. The Balaban J connectivity index is 2.14. The molecule has 0 radical (unpaired) electrons. The van der Waals surface area contributed by atoms with Crippen molar-refractivity contribution < 1.29 is 9.53 Å². The van der Waals surface area contributed by atoms with Gasteiger partial charge < -0.3 is 4.74 Å². The molecular formula is C11H7NO2S2. The average Bonchev–Trinajstić information content (AvgIpc) is 2.94. The molecule has 0 aliphatic carbocycles. The Morgan fingerprint density at radius 2 is 2.44 bits per heavy atom. The molecule has 2 aromatic heterocycles. The Bertz CT molecular complexity index is 522. The second kappa shape index (κ2) is 4.92. The number of hydrogen-bond donors (Lipinski definition) is 0. The first-order chi connectivity index (χ1) is 7.81. The molecule has 5 heteroatoms. The molecule has 80 valence electrons. The van der Waals surface area contributed by atoms with Gasteiger partial charge in [0.1, 0.15) is 5.01 Å². The largest absolute Gasteiger partial charge is 0.448 e. The van der Waals surface area contributed by atoms with E-state index >= 15 is 0 Å². The van der Waals surface area contributed by atoms with Crippen molar-refractivity contribution in [3.8, 4) is 22.2 Å². The highest BCUT2D eigenvalue weighted by atomic mass is 32.1. The van der Waals surface area contributed by atoms with E-state index in [1.165, 1.54) is 11.3 Å². The minimum atomic E-state index is -0.475. The summed E-state index contributed by atoms with van der Waals surface area (Å²) < 4.78 is 4.78. The van der Waals surface area contributed by atoms with Crippen molar-refractivity contribution in [3.63, 3.8) is 0 Å². The number of carbonyl (C=O) groups is 1. The fraction of sp³-hybridized carbons (Fsp3) is 0.0909. The molecule has 0 N–H and O–H groups in total. The maximum atomic E-state index is 11.4. The lowest BCUT2D eigenvalue weighted by Crippen LogP contribution is -2.05. The van der Waals surface area contributed by atoms with Gasteiger partial charge in [0.05, 0.1) is 4.88 Å². The minimum Gasteiger partial charge on any atom is -0.448 e. The van der Waals surface area contributed by atoms with Crippen LogP contribution in [-0.2, 0) is 4.74 Å². The van der Waals surface area contributed by atoms with Crippen LogP contribution < -0.4 is 0 Å². The number of hydrogen-bond acceptors (Lipinski definition) is 5. The maximum Gasteiger partial charge on any atom is 0.358 e. The van der Waals surface area contributed by atoms with E-state index in [2.05, 4.69) is 10.9 Å². The third-order valence-corrected chi connectivity index (χ3v) is 3.61. The second-order valence-corrected chi connectivity index (χ2v) is 4.60. The third-order valence-electron chi connectivity index (χ3n) is 1.73. The van der Waals surface area contributed by atoms with Gasteiger partial charge in [-0.1, -0.05) is 12.0 Å². The SMILES string of the molecule is C#CCOC(=O)c1csc(-c2cccs2)n1. The van der Waals surface area contributed by atoms with Crippen molar-refractivity contribution in [1.29, 1.82) is 0 Å². The number of carbonyl (C=O) groups excluding carboxylic acids is 1. The minimum absolute atomic E-state index is 0.0231. The molecule has 0 fully saturated rings. The monoisotopic (exact) mass is 249 g/mol. The van der Waals surface area contributed by atoms with Crippen molar-refractivity contribution in [3.05, 3.63) is 28.6 Å². The highest BCUT2D eigenvalue weighted by molar-refractivity contribution is 7.20. The van der Waals surface area contributed by atoms with Crippen LogP contribution in [-0.4, -0.2) is 17.6 Å². The van der Waals surface area contributed by atoms with Crippen molar-refractivity contribution in [2.24, 2.45) is 0 Å². The van der Waals surface area contributed by atoms with Gasteiger partial charge in [-0.2, -0.15) is 0 Å². The standard InChI is InChI=1S/C11H7NO2S2/c1-2-5-14-11(13)8-7-16-10(12-8)9-4-3-6-15-9/h1,3-4,6-7H,5H2. The quantitative estimate of drug-likeness (QED) is 0.620. The second-order valence-electron chi connectivity index (χ2n) is 2.80. The summed E-state index contributed by atoms with van der Waals surface area (Å²) in [5, 5.41) is 4.46. The summed E-state index contributed by atoms with van der Waals surface area (Å²) in [6.07, 6.45) is 4.99. The van der Waals surface area contributed by atoms with E-state index in [1.54, 1.807) is 16.7 Å². The summed E-state index contributed by atoms with van der Waals surface area (Å²) in [4.78, 5) is 16.7. The van der Waals surface area contributed by atoms with Crippen molar-refractivity contribution in [2.45, 2.75) is 0 Å². The Morgan fingerprint density at radius 1 is 1.56 bits per heavy atom. The number of terminal acetylenes is 1. The molecule has 16 heavy (non-hydrogen) atoms. The molecular weight excluding hydrogens is 242 g/mol. The fourth-order valence-corrected chi connectivity index (χ4v) is 2.67. The zero-order chi connectivity index (χ0) is 11.4. The molecule has 0 spiro atoms. The molecule has 0 amide bonds. The Hall–Kier alpha value is -1.64. The van der Waals surface area contributed by atoms with Crippen LogP contribution in [0.2, 0.25) is 0 Å². The van der Waals surface area contributed by atoms with E-state index in [1.807, 2.05) is 17.5 Å². The summed E-state index contributed by atoms with van der Waals surface area (Å²) in [5.74, 6) is 1.76. The number of thiophene rings is 1. The summed E-state index contributed by atoms with van der Waals surface area (Å²) in [6, 6.07) is 3.90. The summed E-state index contributed by atoms with van der Waals surface area (Å²) >= 11 is 3.00. The van der Waals surface area contributed by atoms with Gasteiger partial charge in [-0.05, 0) is 11.4 Å². The van der Waals surface area contributed by atoms with E-state index in [0.29, 0.717) is 5.69 Å². The lowest BCUT2D eigenvalue weighted by Gasteiger charge is -1.95. The van der Waals surface area contributed by atoms with Crippen LogP contribution in [0.1, 0.15) is 10.5 Å². The van der Waals surface area contributed by atoms with Gasteiger partial charge in [-0.15, -0.1) is 29.1 Å². The number of nitrogens with zero attached hydrogens (tertiary/aromatic N) is 1. The van der Waals surface area contributed by atoms with E-state index in [4.69, 9.17) is 11.2 Å². The molecule has 0 saturated carbocycles. The van der Waals surface area contributed by atoms with Crippen LogP contribution in [0.15, 0.2) is 22.9 Å². The topological polar surface area (TPSA) is 39.2 Å². The lowest BCUT2D eigenvalue weighted by atomic mass is 10.4. The van der Waals surface area contributed by atoms with E-state index in [-0.39, 0.29) is 6.61 Å². The maximum absolute atomic E-state index is 11.4. The number of aromatic nitrogens is 1. The summed E-state index contributed by atoms with van der Waals surface area (Å²) in [6.45, 7) is -0.0231. The van der Waals surface area contributed by atoms with Gasteiger partial charge >= 0.3 is 5.97 Å². The van der Waals surface area contributed by atoms with Crippen molar-refractivity contribution in [2.75, 3.05) is 6.61 Å². The highest BCUT2D eigenvalue weighted by Crippen LogP contribution is 2.27. The van der Waals surface area contributed by atoms with Crippen molar-refractivity contribution in [1.82, 2.24) is 4.98 Å². The Morgan fingerprint density at radius 3 is 3.12 bits per heavy atom. The fourth-order valence-electron chi connectivity index (χ4n) is 1.06. The van der Waals surface area contributed by atoms with Crippen LogP contribution in [0.3, 0.4) is 0 Å². The third kappa shape index (κ3) is 2.30. The molecule has 0 unspecified atom stereocenters. The number of ether oxygens (including phenoxy) is 1. The normalized spacial score (nSPS) is 9.69. The molecule has 2 aromatic rings. The first kappa shape index (κ1) is 10.9. The summed E-state index contributed by atoms with van der Waals surface area (Å²) in [5.41, 5.74) is 0.309. The number of rotatable bonds is 3. The van der Waals surface area contributed by atoms with Crippen LogP contribution >= 0.6 is 22.7 Å². The first-order valence-corrected chi connectivity index (χ1v) is 6.17. The molecule has 2 heterocycles. The van der Waals surface area contributed by atoms with Crippen LogP contribution in [0.4, 0.5) is 0 Å². The zero-order valence-electron chi connectivity index (χ0n) is 8.17. The van der Waals surface area contributed by atoms with E-state index in [9.17, 15) is 4.79 Å². The smallest absolute Gasteiger partial charge is 0.358 e. The molecule has 0 aliphatic rings. The van der Waals surface area contributed by atoms with Gasteiger partial charge in [0.2, 0.25) is 0 Å². The van der Waals surface area contributed by atoms with Crippen LogP contribution in [0.25, 0.3) is 9.88 Å². The van der Waals surface area contributed by atoms with Gasteiger partial charge in [-0.25, -0.2) is 9.78 Å². The van der Waals surface area contributed by atoms with Gasteiger partial charge in [-0.3, -0.25) is 0 Å². The van der Waals surface area contributed by atoms with Gasteiger partial charge in [0.15, 0.2) is 12.3 Å². The molecule has 0 aliphatic heterocycles. The molecule has 3 nitrogen and oxygen atoms in total. The predicted molar refractivity (Wildman–Crippen MR) is 64.5 cm³/mol. The number of esters is 1. The van der Waals surface area contributed by atoms with Crippen molar-refractivity contribution >= 4 is 28.6 Å².